The van der Waals surface area contributed by atoms with Crippen molar-refractivity contribution in [2.24, 2.45) is 0 Å². The maximum Gasteiger partial charge on any atom is 0.161 e. The van der Waals surface area contributed by atoms with Crippen LogP contribution in [-0.4, -0.2) is 4.57 Å². The molecule has 0 radical (unpaired) electrons. The molecule has 96 valence electrons. The van der Waals surface area contributed by atoms with Crippen LogP contribution in [0.1, 0.15) is 12.6 Å². The zero-order valence-electron chi connectivity index (χ0n) is 9.88. The second kappa shape index (κ2) is 5.16. The zero-order chi connectivity index (χ0) is 13.1. The average molecular weight is 254 g/mol. The predicted molar refractivity (Wildman–Crippen MR) is 63.7 cm³/mol. The van der Waals surface area contributed by atoms with Crippen LogP contribution in [0.25, 0.3) is 0 Å². The van der Waals surface area contributed by atoms with Crippen molar-refractivity contribution in [2.45, 2.75) is 20.0 Å². The van der Waals surface area contributed by atoms with E-state index < -0.39 is 17.5 Å². The summed E-state index contributed by atoms with van der Waals surface area (Å²) in [5.74, 6) is -3.05. The number of aryl methyl sites for hydroxylation is 1. The van der Waals surface area contributed by atoms with E-state index in [-0.39, 0.29) is 5.69 Å². The van der Waals surface area contributed by atoms with E-state index in [9.17, 15) is 13.2 Å². The Bertz CT molecular complexity index is 549. The lowest BCUT2D eigenvalue weighted by Gasteiger charge is -2.10. The van der Waals surface area contributed by atoms with Crippen LogP contribution in [0.5, 0.6) is 0 Å². The summed E-state index contributed by atoms with van der Waals surface area (Å²) in [6.07, 6.45) is 1.90. The summed E-state index contributed by atoms with van der Waals surface area (Å²) in [5.41, 5.74) is 0.902. The summed E-state index contributed by atoms with van der Waals surface area (Å²) in [6, 6.07) is 5.12. The van der Waals surface area contributed by atoms with Crippen LogP contribution in [0, 0.1) is 17.5 Å². The molecule has 1 N–H and O–H groups in total. The Morgan fingerprint density at radius 3 is 2.56 bits per heavy atom. The molecule has 0 aliphatic rings. The van der Waals surface area contributed by atoms with Gasteiger partial charge in [0.05, 0.1) is 12.2 Å². The molecule has 0 amide bonds. The van der Waals surface area contributed by atoms with E-state index in [0.717, 1.165) is 18.3 Å². The molecule has 0 saturated heterocycles. The molecule has 1 aromatic carbocycles. The third kappa shape index (κ3) is 2.50. The van der Waals surface area contributed by atoms with Crippen LogP contribution < -0.4 is 5.32 Å². The molecule has 0 unspecified atom stereocenters. The Hall–Kier alpha value is -1.91. The van der Waals surface area contributed by atoms with E-state index in [0.29, 0.717) is 12.6 Å². The van der Waals surface area contributed by atoms with Crippen molar-refractivity contribution in [1.29, 1.82) is 0 Å². The van der Waals surface area contributed by atoms with Crippen molar-refractivity contribution in [3.8, 4) is 0 Å². The van der Waals surface area contributed by atoms with Crippen molar-refractivity contribution < 1.29 is 13.2 Å². The van der Waals surface area contributed by atoms with Gasteiger partial charge in [-0.1, -0.05) is 0 Å². The number of anilines is 1. The third-order valence-electron chi connectivity index (χ3n) is 2.73. The van der Waals surface area contributed by atoms with Crippen molar-refractivity contribution in [3.63, 3.8) is 0 Å². The molecule has 0 bridgehead atoms. The number of aromatic nitrogens is 1. The molecule has 0 fully saturated rings. The first-order chi connectivity index (χ1) is 8.61. The van der Waals surface area contributed by atoms with E-state index in [4.69, 9.17) is 0 Å². The SMILES string of the molecule is CCn1cccc1CNc1cc(F)c(F)cc1F. The van der Waals surface area contributed by atoms with E-state index >= 15 is 0 Å². The number of rotatable bonds is 4. The highest BCUT2D eigenvalue weighted by Gasteiger charge is 2.09. The summed E-state index contributed by atoms with van der Waals surface area (Å²) in [7, 11) is 0. The Morgan fingerprint density at radius 1 is 1.11 bits per heavy atom. The van der Waals surface area contributed by atoms with Crippen LogP contribution in [0.2, 0.25) is 0 Å². The maximum absolute atomic E-state index is 13.4. The van der Waals surface area contributed by atoms with Gasteiger partial charge in [0.1, 0.15) is 5.82 Å². The van der Waals surface area contributed by atoms with Crippen LogP contribution in [0.4, 0.5) is 18.9 Å². The lowest BCUT2D eigenvalue weighted by Crippen LogP contribution is -2.07. The number of halogens is 3. The molecule has 1 heterocycles. The molecule has 0 aliphatic carbocycles. The highest BCUT2D eigenvalue weighted by molar-refractivity contribution is 5.45. The van der Waals surface area contributed by atoms with Crippen molar-refractivity contribution in [2.75, 3.05) is 5.32 Å². The lowest BCUT2D eigenvalue weighted by atomic mass is 10.2. The van der Waals surface area contributed by atoms with Crippen LogP contribution in [0.3, 0.4) is 0 Å². The number of benzene rings is 1. The van der Waals surface area contributed by atoms with Gasteiger partial charge in [-0.15, -0.1) is 0 Å². The van der Waals surface area contributed by atoms with E-state index in [2.05, 4.69) is 5.32 Å². The lowest BCUT2D eigenvalue weighted by molar-refractivity contribution is 0.496. The first-order valence-corrected chi connectivity index (χ1v) is 5.64. The van der Waals surface area contributed by atoms with Gasteiger partial charge in [-0.25, -0.2) is 13.2 Å². The first kappa shape index (κ1) is 12.5. The third-order valence-corrected chi connectivity index (χ3v) is 2.73. The second-order valence-electron chi connectivity index (χ2n) is 3.89. The largest absolute Gasteiger partial charge is 0.377 e. The molecule has 2 nitrogen and oxygen atoms in total. The molecule has 0 saturated carbocycles. The number of nitrogens with one attached hydrogen (secondary N) is 1. The Labute approximate surface area is 103 Å². The van der Waals surface area contributed by atoms with Gasteiger partial charge in [-0.05, 0) is 19.1 Å². The monoisotopic (exact) mass is 254 g/mol. The number of hydrogen-bond donors (Lipinski definition) is 1. The fourth-order valence-electron chi connectivity index (χ4n) is 1.76. The highest BCUT2D eigenvalue weighted by Crippen LogP contribution is 2.19. The van der Waals surface area contributed by atoms with Gasteiger partial charge >= 0.3 is 0 Å². The molecule has 2 rings (SSSR count). The molecule has 2 aromatic rings. The van der Waals surface area contributed by atoms with E-state index in [1.807, 2.05) is 29.8 Å². The molecule has 0 atom stereocenters. The Morgan fingerprint density at radius 2 is 1.83 bits per heavy atom. The average Bonchev–Trinajstić information content (AvgIpc) is 2.79. The van der Waals surface area contributed by atoms with Gasteiger partial charge in [0, 0.05) is 30.6 Å². The molecular formula is C13H13F3N2. The van der Waals surface area contributed by atoms with Gasteiger partial charge in [0.15, 0.2) is 11.6 Å². The molecule has 0 spiro atoms. The van der Waals surface area contributed by atoms with Crippen LogP contribution in [-0.2, 0) is 13.1 Å². The van der Waals surface area contributed by atoms with Gasteiger partial charge in [-0.3, -0.25) is 0 Å². The molecule has 5 heteroatoms. The standard InChI is InChI=1S/C13H13F3N2/c1-2-18-5-3-4-9(18)8-17-13-7-11(15)10(14)6-12(13)16/h3-7,17H,2,8H2,1H3. The minimum absolute atomic E-state index is 0.0437. The highest BCUT2D eigenvalue weighted by atomic mass is 19.2. The summed E-state index contributed by atoms with van der Waals surface area (Å²) in [5, 5.41) is 2.76. The minimum Gasteiger partial charge on any atom is -0.377 e. The second-order valence-corrected chi connectivity index (χ2v) is 3.89. The Balaban J connectivity index is 2.13. The normalized spacial score (nSPS) is 10.7. The quantitative estimate of drug-likeness (QED) is 0.826. The summed E-state index contributed by atoms with van der Waals surface area (Å²) in [6.45, 7) is 3.13. The first-order valence-electron chi connectivity index (χ1n) is 5.64. The number of nitrogens with zero attached hydrogens (tertiary/aromatic N) is 1. The molecule has 18 heavy (non-hydrogen) atoms. The number of hydrogen-bond acceptors (Lipinski definition) is 1. The van der Waals surface area contributed by atoms with Gasteiger partial charge < -0.3 is 9.88 Å². The summed E-state index contributed by atoms with van der Waals surface area (Å²) < 4.78 is 41.1. The fourth-order valence-corrected chi connectivity index (χ4v) is 1.76. The van der Waals surface area contributed by atoms with Crippen molar-refractivity contribution in [3.05, 3.63) is 53.6 Å². The van der Waals surface area contributed by atoms with E-state index in [1.54, 1.807) is 0 Å². The van der Waals surface area contributed by atoms with Gasteiger partial charge in [0.25, 0.3) is 0 Å². The minimum atomic E-state index is -1.19. The zero-order valence-corrected chi connectivity index (χ0v) is 9.88. The smallest absolute Gasteiger partial charge is 0.161 e. The van der Waals surface area contributed by atoms with Crippen LogP contribution in [0.15, 0.2) is 30.5 Å². The molecule has 1 aromatic heterocycles. The predicted octanol–water partition coefficient (Wildman–Crippen LogP) is 3.54. The van der Waals surface area contributed by atoms with Gasteiger partial charge in [-0.2, -0.15) is 0 Å². The van der Waals surface area contributed by atoms with Gasteiger partial charge in [0.2, 0.25) is 0 Å². The molecule has 0 aliphatic heterocycles. The summed E-state index contributed by atoms with van der Waals surface area (Å²) >= 11 is 0. The van der Waals surface area contributed by atoms with Crippen molar-refractivity contribution in [1.82, 2.24) is 4.57 Å². The topological polar surface area (TPSA) is 17.0 Å². The Kier molecular flexibility index (Phi) is 3.60. The van der Waals surface area contributed by atoms with E-state index in [1.165, 1.54) is 0 Å². The maximum atomic E-state index is 13.4. The molecular weight excluding hydrogens is 241 g/mol. The fraction of sp³-hybridized carbons (Fsp3) is 0.231. The van der Waals surface area contributed by atoms with Crippen molar-refractivity contribution >= 4 is 5.69 Å². The van der Waals surface area contributed by atoms with Crippen LogP contribution >= 0.6 is 0 Å². The summed E-state index contributed by atoms with van der Waals surface area (Å²) in [4.78, 5) is 0.